The van der Waals surface area contributed by atoms with Gasteiger partial charge in [-0.15, -0.1) is 0 Å². The number of nitrogens with one attached hydrogen (secondary N) is 1. The smallest absolute Gasteiger partial charge is 0.272 e. The number of anilines is 1. The molecular formula is C15H24N4O4S. The van der Waals surface area contributed by atoms with E-state index in [9.17, 15) is 13.2 Å². The average Bonchev–Trinajstić information content (AvgIpc) is 2.89. The molecule has 2 heterocycles. The van der Waals surface area contributed by atoms with E-state index in [0.29, 0.717) is 31.2 Å². The van der Waals surface area contributed by atoms with E-state index >= 15 is 0 Å². The molecule has 0 bridgehead atoms. The molecule has 24 heavy (non-hydrogen) atoms. The van der Waals surface area contributed by atoms with Crippen LogP contribution >= 0.6 is 0 Å². The van der Waals surface area contributed by atoms with Gasteiger partial charge in [0.1, 0.15) is 5.69 Å². The molecule has 1 atom stereocenters. The topological polar surface area (TPSA) is 101 Å². The Morgan fingerprint density at radius 1 is 1.46 bits per heavy atom. The van der Waals surface area contributed by atoms with Crippen LogP contribution in [0.15, 0.2) is 6.07 Å². The molecule has 0 aromatic carbocycles. The van der Waals surface area contributed by atoms with Crippen LogP contribution in [0.3, 0.4) is 0 Å². The number of aromatic nitrogens is 2. The Labute approximate surface area is 142 Å². The minimum atomic E-state index is -3.04. The minimum Gasteiger partial charge on any atom is -0.385 e. The number of hydrogen-bond donors (Lipinski definition) is 1. The fourth-order valence-corrected chi connectivity index (χ4v) is 4.38. The number of aryl methyl sites for hydroxylation is 1. The van der Waals surface area contributed by atoms with Crippen molar-refractivity contribution in [1.82, 2.24) is 14.9 Å². The Kier molecular flexibility index (Phi) is 6.11. The van der Waals surface area contributed by atoms with Gasteiger partial charge in [-0.1, -0.05) is 0 Å². The van der Waals surface area contributed by atoms with Gasteiger partial charge in [0.15, 0.2) is 9.84 Å². The van der Waals surface area contributed by atoms with Crippen LogP contribution in [0.4, 0.5) is 5.95 Å². The van der Waals surface area contributed by atoms with E-state index in [2.05, 4.69) is 15.3 Å². The zero-order valence-electron chi connectivity index (χ0n) is 14.3. The lowest BCUT2D eigenvalue weighted by molar-refractivity contribution is 0.0741. The highest BCUT2D eigenvalue weighted by Gasteiger charge is 2.33. The molecule has 1 amide bonds. The summed E-state index contributed by atoms with van der Waals surface area (Å²) in [4.78, 5) is 22.6. The highest BCUT2D eigenvalue weighted by molar-refractivity contribution is 7.91. The molecule has 0 aliphatic carbocycles. The summed E-state index contributed by atoms with van der Waals surface area (Å²) < 4.78 is 28.2. The number of nitrogens with zero attached hydrogens (tertiary/aromatic N) is 3. The Balaban J connectivity index is 2.07. The van der Waals surface area contributed by atoms with E-state index in [1.807, 2.05) is 0 Å². The van der Waals surface area contributed by atoms with Crippen LogP contribution in [0.25, 0.3) is 0 Å². The number of hydrogen-bond acceptors (Lipinski definition) is 7. The number of carbonyl (C=O) groups is 1. The maximum atomic E-state index is 12.6. The number of carbonyl (C=O) groups excluding carboxylic acids is 1. The van der Waals surface area contributed by atoms with Crippen molar-refractivity contribution in [2.24, 2.45) is 0 Å². The molecular weight excluding hydrogens is 332 g/mol. The first-order valence-electron chi connectivity index (χ1n) is 7.88. The monoisotopic (exact) mass is 356 g/mol. The van der Waals surface area contributed by atoms with Gasteiger partial charge >= 0.3 is 0 Å². The summed E-state index contributed by atoms with van der Waals surface area (Å²) in [6.07, 6.45) is 1.27. The molecule has 2 rings (SSSR count). The summed E-state index contributed by atoms with van der Waals surface area (Å²) >= 11 is 0. The summed E-state index contributed by atoms with van der Waals surface area (Å²) in [6, 6.07) is 1.32. The quantitative estimate of drug-likeness (QED) is 0.710. The molecule has 1 aliphatic rings. The van der Waals surface area contributed by atoms with Gasteiger partial charge < -0.3 is 15.0 Å². The summed E-state index contributed by atoms with van der Waals surface area (Å²) in [5, 5.41) is 3.07. The lowest BCUT2D eigenvalue weighted by Gasteiger charge is -2.23. The second-order valence-electron chi connectivity index (χ2n) is 5.96. The lowest BCUT2D eigenvalue weighted by atomic mass is 10.2. The highest BCUT2D eigenvalue weighted by atomic mass is 32.2. The van der Waals surface area contributed by atoms with Crippen molar-refractivity contribution in [2.45, 2.75) is 25.8 Å². The van der Waals surface area contributed by atoms with Gasteiger partial charge in [0.05, 0.1) is 11.5 Å². The van der Waals surface area contributed by atoms with E-state index in [-0.39, 0.29) is 29.1 Å². The average molecular weight is 356 g/mol. The van der Waals surface area contributed by atoms with Crippen molar-refractivity contribution in [3.63, 3.8) is 0 Å². The molecule has 1 aliphatic heterocycles. The van der Waals surface area contributed by atoms with E-state index in [1.165, 1.54) is 4.90 Å². The van der Waals surface area contributed by atoms with Crippen molar-refractivity contribution in [3.05, 3.63) is 17.5 Å². The molecule has 9 heteroatoms. The number of methoxy groups -OCH3 is 1. The molecule has 1 fully saturated rings. The van der Waals surface area contributed by atoms with Crippen LogP contribution in [0.1, 0.15) is 29.0 Å². The predicted molar refractivity (Wildman–Crippen MR) is 90.9 cm³/mol. The van der Waals surface area contributed by atoms with Gasteiger partial charge in [0.25, 0.3) is 5.91 Å². The minimum absolute atomic E-state index is 0.0153. The molecule has 1 N–H and O–H groups in total. The largest absolute Gasteiger partial charge is 0.385 e. The molecule has 0 saturated carbocycles. The van der Waals surface area contributed by atoms with Crippen LogP contribution < -0.4 is 5.32 Å². The van der Waals surface area contributed by atoms with E-state index in [0.717, 1.165) is 6.42 Å². The van der Waals surface area contributed by atoms with Crippen LogP contribution in [0, 0.1) is 6.92 Å². The first-order valence-corrected chi connectivity index (χ1v) is 9.70. The van der Waals surface area contributed by atoms with Crippen LogP contribution in [-0.2, 0) is 14.6 Å². The molecule has 0 spiro atoms. The number of sulfone groups is 1. The Morgan fingerprint density at radius 3 is 2.83 bits per heavy atom. The zero-order chi connectivity index (χ0) is 17.7. The summed E-state index contributed by atoms with van der Waals surface area (Å²) in [5.74, 6) is 0.246. The molecule has 1 unspecified atom stereocenters. The molecule has 1 aromatic rings. The molecule has 0 radical (unpaired) electrons. The van der Waals surface area contributed by atoms with Crippen LogP contribution in [0.5, 0.6) is 0 Å². The van der Waals surface area contributed by atoms with Gasteiger partial charge in [0, 0.05) is 39.0 Å². The summed E-state index contributed by atoms with van der Waals surface area (Å²) in [5.41, 5.74) is 0.943. The van der Waals surface area contributed by atoms with Crippen LogP contribution in [0.2, 0.25) is 0 Å². The predicted octanol–water partition coefficient (Wildman–Crippen LogP) is 0.493. The van der Waals surface area contributed by atoms with E-state index < -0.39 is 9.84 Å². The van der Waals surface area contributed by atoms with Crippen LogP contribution in [-0.4, -0.2) is 74.0 Å². The fourth-order valence-electron chi connectivity index (χ4n) is 2.60. The third-order valence-corrected chi connectivity index (χ3v) is 5.71. The lowest BCUT2D eigenvalue weighted by Crippen LogP contribution is -2.38. The second kappa shape index (κ2) is 7.89. The second-order valence-corrected chi connectivity index (χ2v) is 8.19. The number of rotatable bonds is 7. The summed E-state index contributed by atoms with van der Waals surface area (Å²) in [7, 11) is 0.219. The maximum absolute atomic E-state index is 12.6. The van der Waals surface area contributed by atoms with Gasteiger partial charge in [-0.3, -0.25) is 4.79 Å². The first kappa shape index (κ1) is 18.6. The van der Waals surface area contributed by atoms with Crippen molar-refractivity contribution in [3.8, 4) is 0 Å². The first-order chi connectivity index (χ1) is 11.3. The van der Waals surface area contributed by atoms with Gasteiger partial charge in [0.2, 0.25) is 5.95 Å². The van der Waals surface area contributed by atoms with Gasteiger partial charge in [-0.2, -0.15) is 0 Å². The maximum Gasteiger partial charge on any atom is 0.272 e. The Hall–Kier alpha value is -1.74. The standard InChI is InChI=1S/C15H24N4O4S/c1-11-9-13(18-15(17-11)16-6-4-7-23-3)14(20)19(2)12-5-8-24(21,22)10-12/h9,12H,4-8,10H2,1-3H3,(H,16,17,18). The third kappa shape index (κ3) is 4.88. The third-order valence-electron chi connectivity index (χ3n) is 3.96. The molecule has 8 nitrogen and oxygen atoms in total. The van der Waals surface area contributed by atoms with Crippen molar-refractivity contribution >= 4 is 21.7 Å². The van der Waals surface area contributed by atoms with Gasteiger partial charge in [-0.05, 0) is 25.8 Å². The number of amides is 1. The Bertz CT molecular complexity index is 693. The zero-order valence-corrected chi connectivity index (χ0v) is 15.1. The number of ether oxygens (including phenoxy) is 1. The summed E-state index contributed by atoms with van der Waals surface area (Å²) in [6.45, 7) is 3.06. The molecule has 1 aromatic heterocycles. The Morgan fingerprint density at radius 2 is 2.21 bits per heavy atom. The highest BCUT2D eigenvalue weighted by Crippen LogP contribution is 2.18. The fraction of sp³-hybridized carbons (Fsp3) is 0.667. The van der Waals surface area contributed by atoms with Crippen molar-refractivity contribution in [2.75, 3.05) is 44.1 Å². The van der Waals surface area contributed by atoms with Crippen molar-refractivity contribution < 1.29 is 17.9 Å². The SMILES string of the molecule is COCCCNc1nc(C)cc(C(=O)N(C)C2CCS(=O)(=O)C2)n1. The molecule has 1 saturated heterocycles. The van der Waals surface area contributed by atoms with E-state index in [1.54, 1.807) is 27.1 Å². The van der Waals surface area contributed by atoms with Gasteiger partial charge in [-0.25, -0.2) is 18.4 Å². The van der Waals surface area contributed by atoms with E-state index in [4.69, 9.17) is 4.74 Å². The molecule has 134 valence electrons. The van der Waals surface area contributed by atoms with Crippen molar-refractivity contribution in [1.29, 1.82) is 0 Å². The normalized spacial score (nSPS) is 19.2.